The van der Waals surface area contributed by atoms with Crippen LogP contribution in [0.3, 0.4) is 0 Å². The highest BCUT2D eigenvalue weighted by Crippen LogP contribution is 2.31. The second kappa shape index (κ2) is 17.2. The molecule has 0 amide bonds. The molecule has 0 bridgehead atoms. The Morgan fingerprint density at radius 1 is 0.509 bits per heavy atom. The van der Waals surface area contributed by atoms with Gasteiger partial charge in [-0.1, -0.05) is 163 Å². The average Bonchev–Trinajstić information content (AvgIpc) is 3.77. The molecule has 0 atom stereocenters. The first-order chi connectivity index (χ1) is 24.5. The standard InChI is InChI=1S/C23H27BrN2.C13H16N2.C10H12BrI/c1-22(2,3)18-9-7-16(8-10-18)17-14-25-26(15-17)21-12-19(23(4,5)6)11-20(24)13-21;1-13(2,3)12-6-4-10(5-7-12)11-8-14-15-9-11;1-10(2,3)7-4-8(11)6-9(12)5-7/h7-15H,1-6H3;4-9H,1-3H3,(H,14,15);4-6H,1-3H3. The highest BCUT2D eigenvalue weighted by Gasteiger charge is 2.18. The van der Waals surface area contributed by atoms with Crippen molar-refractivity contribution in [2.24, 2.45) is 0 Å². The number of rotatable bonds is 3. The Hall–Kier alpha value is -3.01. The molecule has 4 nitrogen and oxygen atoms in total. The summed E-state index contributed by atoms with van der Waals surface area (Å²) in [6.07, 6.45) is 7.78. The molecule has 0 saturated carbocycles. The molecule has 1 N–H and O–H groups in total. The van der Waals surface area contributed by atoms with Gasteiger partial charge in [0.25, 0.3) is 0 Å². The maximum atomic E-state index is 4.59. The van der Waals surface area contributed by atoms with Gasteiger partial charge in [0.15, 0.2) is 0 Å². The van der Waals surface area contributed by atoms with Crippen molar-refractivity contribution in [3.05, 3.63) is 144 Å². The molecule has 0 radical (unpaired) electrons. The third-order valence-corrected chi connectivity index (χ3v) is 10.5. The van der Waals surface area contributed by atoms with Crippen LogP contribution in [0.25, 0.3) is 27.9 Å². The lowest BCUT2D eigenvalue weighted by atomic mass is 9.86. The molecule has 0 aliphatic heterocycles. The molecule has 0 unspecified atom stereocenters. The Morgan fingerprint density at radius 3 is 1.40 bits per heavy atom. The van der Waals surface area contributed by atoms with Crippen molar-refractivity contribution in [2.45, 2.75) is 105 Å². The molecule has 4 aromatic carbocycles. The first-order valence-electron chi connectivity index (χ1n) is 18.0. The van der Waals surface area contributed by atoms with Gasteiger partial charge in [-0.3, -0.25) is 5.10 Å². The van der Waals surface area contributed by atoms with Crippen LogP contribution >= 0.6 is 54.5 Å². The summed E-state index contributed by atoms with van der Waals surface area (Å²) in [5, 5.41) is 11.4. The Bertz CT molecular complexity index is 2050. The third-order valence-electron chi connectivity index (χ3n) is 8.99. The van der Waals surface area contributed by atoms with Crippen LogP contribution < -0.4 is 0 Å². The van der Waals surface area contributed by atoms with Gasteiger partial charge < -0.3 is 0 Å². The van der Waals surface area contributed by atoms with Crippen LogP contribution in [0.5, 0.6) is 0 Å². The Kier molecular flexibility index (Phi) is 13.9. The van der Waals surface area contributed by atoms with E-state index in [0.717, 1.165) is 21.3 Å². The second-order valence-electron chi connectivity index (χ2n) is 17.7. The minimum absolute atomic E-state index is 0.0945. The van der Waals surface area contributed by atoms with Crippen molar-refractivity contribution in [2.75, 3.05) is 0 Å². The molecule has 0 aliphatic rings. The summed E-state index contributed by atoms with van der Waals surface area (Å²) in [5.74, 6) is 0. The molecule has 0 spiro atoms. The van der Waals surface area contributed by atoms with Gasteiger partial charge in [-0.05, 0) is 114 Å². The highest BCUT2D eigenvalue weighted by molar-refractivity contribution is 14.1. The van der Waals surface area contributed by atoms with Crippen LogP contribution in [0, 0.1) is 3.57 Å². The second-order valence-corrected chi connectivity index (χ2v) is 20.7. The van der Waals surface area contributed by atoms with Crippen LogP contribution in [0.1, 0.15) is 105 Å². The van der Waals surface area contributed by atoms with Crippen molar-refractivity contribution in [1.29, 1.82) is 0 Å². The van der Waals surface area contributed by atoms with E-state index in [1.54, 1.807) is 0 Å². The third kappa shape index (κ3) is 12.5. The maximum absolute atomic E-state index is 4.59. The lowest BCUT2D eigenvalue weighted by molar-refractivity contribution is 0.589. The van der Waals surface area contributed by atoms with E-state index in [4.69, 9.17) is 0 Å². The number of halogens is 3. The first kappa shape index (κ1) is 42.7. The van der Waals surface area contributed by atoms with E-state index in [-0.39, 0.29) is 21.7 Å². The zero-order chi connectivity index (χ0) is 39.4. The summed E-state index contributed by atoms with van der Waals surface area (Å²) in [6.45, 7) is 26.7. The molecule has 53 heavy (non-hydrogen) atoms. The SMILES string of the molecule is CC(C)(C)c1cc(Br)cc(I)c1.CC(C)(C)c1ccc(-c2cn[nH]c2)cc1.CC(C)(C)c1ccc(-c2cnn(-c3cc(Br)cc(C(C)(C)C)c3)c2)cc1. The number of nitrogens with one attached hydrogen (secondary N) is 1. The lowest BCUT2D eigenvalue weighted by Gasteiger charge is -2.20. The Balaban J connectivity index is 0.000000196. The van der Waals surface area contributed by atoms with E-state index >= 15 is 0 Å². The minimum atomic E-state index is 0.0945. The minimum Gasteiger partial charge on any atom is -0.285 e. The molecule has 0 fully saturated rings. The topological polar surface area (TPSA) is 46.5 Å². The van der Waals surface area contributed by atoms with E-state index in [9.17, 15) is 0 Å². The lowest BCUT2D eigenvalue weighted by Crippen LogP contribution is -2.12. The number of H-pyrrole nitrogens is 1. The van der Waals surface area contributed by atoms with Crippen LogP contribution in [-0.4, -0.2) is 20.0 Å². The van der Waals surface area contributed by atoms with Crippen LogP contribution in [0.4, 0.5) is 0 Å². The fourth-order valence-corrected chi connectivity index (χ4v) is 7.55. The maximum Gasteiger partial charge on any atom is 0.0659 e. The molecule has 7 heteroatoms. The number of nitrogens with zero attached hydrogens (tertiary/aromatic N) is 3. The van der Waals surface area contributed by atoms with E-state index in [2.05, 4.69) is 244 Å². The van der Waals surface area contributed by atoms with Gasteiger partial charge in [0.05, 0.1) is 18.1 Å². The molecular formula is C46H55Br2IN4. The number of aromatic amines is 1. The van der Waals surface area contributed by atoms with Gasteiger partial charge >= 0.3 is 0 Å². The van der Waals surface area contributed by atoms with Gasteiger partial charge in [0, 0.05) is 36.0 Å². The molecule has 6 aromatic rings. The van der Waals surface area contributed by atoms with Gasteiger partial charge in [-0.25, -0.2) is 4.68 Å². The summed E-state index contributed by atoms with van der Waals surface area (Å²) in [5.41, 5.74) is 11.8. The van der Waals surface area contributed by atoms with Gasteiger partial charge in [-0.2, -0.15) is 10.2 Å². The van der Waals surface area contributed by atoms with Gasteiger partial charge in [0.2, 0.25) is 0 Å². The van der Waals surface area contributed by atoms with Gasteiger partial charge in [0.1, 0.15) is 0 Å². The number of aromatic nitrogens is 4. The molecule has 0 saturated heterocycles. The first-order valence-corrected chi connectivity index (χ1v) is 20.7. The highest BCUT2D eigenvalue weighted by atomic mass is 127. The van der Waals surface area contributed by atoms with Crippen molar-refractivity contribution < 1.29 is 0 Å². The summed E-state index contributed by atoms with van der Waals surface area (Å²) in [6, 6.07) is 30.5. The number of hydrogen-bond acceptors (Lipinski definition) is 2. The molecule has 0 aliphatic carbocycles. The van der Waals surface area contributed by atoms with Crippen LogP contribution in [-0.2, 0) is 21.7 Å². The largest absolute Gasteiger partial charge is 0.285 e. The van der Waals surface area contributed by atoms with E-state index < -0.39 is 0 Å². The number of hydrogen-bond donors (Lipinski definition) is 1. The molecule has 280 valence electrons. The monoisotopic (exact) mass is 948 g/mol. The van der Waals surface area contributed by atoms with Crippen LogP contribution in [0.15, 0.2) is 119 Å². The van der Waals surface area contributed by atoms with Crippen molar-refractivity contribution in [3.8, 4) is 27.9 Å². The molecular weight excluding hydrogens is 895 g/mol. The normalized spacial score (nSPS) is 12.1. The Morgan fingerprint density at radius 2 is 0.962 bits per heavy atom. The van der Waals surface area contributed by atoms with E-state index in [1.807, 2.05) is 23.3 Å². The number of benzene rings is 4. The van der Waals surface area contributed by atoms with E-state index in [0.29, 0.717) is 0 Å². The summed E-state index contributed by atoms with van der Waals surface area (Å²) >= 11 is 9.48. The summed E-state index contributed by atoms with van der Waals surface area (Å²) in [4.78, 5) is 0. The summed E-state index contributed by atoms with van der Waals surface area (Å²) in [7, 11) is 0. The predicted octanol–water partition coefficient (Wildman–Crippen LogP) is 14.6. The fraction of sp³-hybridized carbons (Fsp3) is 0.348. The predicted molar refractivity (Wildman–Crippen MR) is 242 cm³/mol. The summed E-state index contributed by atoms with van der Waals surface area (Å²) < 4.78 is 5.48. The van der Waals surface area contributed by atoms with Crippen LogP contribution in [0.2, 0.25) is 0 Å². The zero-order valence-electron chi connectivity index (χ0n) is 33.4. The molecule has 6 rings (SSSR count). The van der Waals surface area contributed by atoms with E-state index in [1.165, 1.54) is 41.4 Å². The van der Waals surface area contributed by atoms with Crippen molar-refractivity contribution in [3.63, 3.8) is 0 Å². The van der Waals surface area contributed by atoms with Crippen molar-refractivity contribution >= 4 is 54.5 Å². The Labute approximate surface area is 349 Å². The average molecular weight is 951 g/mol. The molecule has 2 heterocycles. The smallest absolute Gasteiger partial charge is 0.0659 e. The fourth-order valence-electron chi connectivity index (χ4n) is 5.47. The quantitative estimate of drug-likeness (QED) is 0.180. The van der Waals surface area contributed by atoms with Gasteiger partial charge in [-0.15, -0.1) is 0 Å². The van der Waals surface area contributed by atoms with Crippen molar-refractivity contribution in [1.82, 2.24) is 20.0 Å². The molecule has 2 aromatic heterocycles. The zero-order valence-corrected chi connectivity index (χ0v) is 38.7.